The number of hydroxylamine groups is 2. The molecule has 0 radical (unpaired) electrons. The van der Waals surface area contributed by atoms with E-state index in [0.29, 0.717) is 13.2 Å². The molecule has 0 saturated carbocycles. The van der Waals surface area contributed by atoms with Crippen LogP contribution in [0.2, 0.25) is 0 Å². The summed E-state index contributed by atoms with van der Waals surface area (Å²) in [6.45, 7) is 8.23. The molecule has 116 valence electrons. The van der Waals surface area contributed by atoms with Gasteiger partial charge in [0.2, 0.25) is 0 Å². The van der Waals surface area contributed by atoms with Crippen LogP contribution in [0.25, 0.3) is 0 Å². The van der Waals surface area contributed by atoms with Crippen molar-refractivity contribution in [2.45, 2.75) is 50.8 Å². The van der Waals surface area contributed by atoms with Crippen LogP contribution in [0.4, 0.5) is 0 Å². The molecule has 1 aromatic rings. The molecule has 0 aromatic heterocycles. The minimum Gasteiger partial charge on any atom is -0.356 e. The van der Waals surface area contributed by atoms with Crippen LogP contribution in [0.5, 0.6) is 0 Å². The minimum atomic E-state index is -0.772. The quantitative estimate of drug-likeness (QED) is 0.908. The zero-order valence-corrected chi connectivity index (χ0v) is 13.0. The highest BCUT2D eigenvalue weighted by molar-refractivity contribution is 5.28. The summed E-state index contributed by atoms with van der Waals surface area (Å²) in [5.74, 6) is -0.653. The Morgan fingerprint density at radius 1 is 1.10 bits per heavy atom. The molecule has 2 fully saturated rings. The number of nitrogens with zero attached hydrogens (tertiary/aromatic N) is 1. The molecule has 2 aliphatic heterocycles. The van der Waals surface area contributed by atoms with Gasteiger partial charge in [0.05, 0.1) is 13.2 Å². The summed E-state index contributed by atoms with van der Waals surface area (Å²) < 4.78 is 17.6. The highest BCUT2D eigenvalue weighted by Crippen LogP contribution is 2.46. The Morgan fingerprint density at radius 2 is 1.76 bits per heavy atom. The topological polar surface area (TPSA) is 51.2 Å². The molecule has 0 aliphatic carbocycles. The first-order chi connectivity index (χ1) is 9.78. The maximum atomic E-state index is 10.8. The standard InChI is InChI=1S/C16H23NO4/c1-14(2)17(18)16(11-20-14,12-8-6-5-7-9-12)13-10-19-15(3,4)21-13/h5-9,13,18H,10-11H2,1-4H3/t13-,16-/m0/s1. The van der Waals surface area contributed by atoms with E-state index in [1.807, 2.05) is 58.0 Å². The molecule has 21 heavy (non-hydrogen) atoms. The zero-order valence-electron chi connectivity index (χ0n) is 13.0. The second-order valence-corrected chi connectivity index (χ2v) is 6.65. The first-order valence-corrected chi connectivity index (χ1v) is 7.28. The summed E-state index contributed by atoms with van der Waals surface area (Å²) in [5.41, 5.74) is -0.575. The number of hydrogen-bond donors (Lipinski definition) is 1. The first-order valence-electron chi connectivity index (χ1n) is 7.28. The van der Waals surface area contributed by atoms with E-state index in [-0.39, 0.29) is 6.10 Å². The van der Waals surface area contributed by atoms with Crippen LogP contribution in [0.3, 0.4) is 0 Å². The van der Waals surface area contributed by atoms with Crippen molar-refractivity contribution in [1.29, 1.82) is 0 Å². The van der Waals surface area contributed by atoms with Gasteiger partial charge in [-0.15, -0.1) is 5.06 Å². The Hall–Kier alpha value is -0.980. The SMILES string of the molecule is CC1(C)OC[C@@H]([C@@]2(c3ccccc3)COC(C)(C)N2O)O1. The van der Waals surface area contributed by atoms with Gasteiger partial charge in [0.15, 0.2) is 5.79 Å². The van der Waals surface area contributed by atoms with E-state index in [2.05, 4.69) is 0 Å². The third-order valence-corrected chi connectivity index (χ3v) is 4.35. The Kier molecular flexibility index (Phi) is 3.39. The van der Waals surface area contributed by atoms with E-state index in [4.69, 9.17) is 14.2 Å². The molecular weight excluding hydrogens is 270 g/mol. The zero-order chi connectivity index (χ0) is 15.3. The maximum Gasteiger partial charge on any atom is 0.163 e. The average molecular weight is 293 g/mol. The van der Waals surface area contributed by atoms with Gasteiger partial charge in [-0.3, -0.25) is 0 Å². The molecule has 2 saturated heterocycles. The van der Waals surface area contributed by atoms with Crippen molar-refractivity contribution in [3.8, 4) is 0 Å². The van der Waals surface area contributed by atoms with Gasteiger partial charge in [-0.1, -0.05) is 30.3 Å². The Balaban J connectivity index is 2.05. The fourth-order valence-electron chi connectivity index (χ4n) is 3.16. The lowest BCUT2D eigenvalue weighted by Crippen LogP contribution is -2.56. The summed E-state index contributed by atoms with van der Waals surface area (Å²) in [4.78, 5) is 0. The van der Waals surface area contributed by atoms with Crippen LogP contribution in [-0.4, -0.2) is 41.1 Å². The molecule has 2 aliphatic rings. The van der Waals surface area contributed by atoms with Gasteiger partial charge in [0, 0.05) is 0 Å². The predicted octanol–water partition coefficient (Wildman–Crippen LogP) is 2.49. The van der Waals surface area contributed by atoms with Gasteiger partial charge in [-0.05, 0) is 33.3 Å². The summed E-state index contributed by atoms with van der Waals surface area (Å²) in [5, 5.41) is 12.1. The number of rotatable bonds is 2. The van der Waals surface area contributed by atoms with E-state index in [9.17, 15) is 5.21 Å². The Labute approximate surface area is 125 Å². The number of hydrogen-bond acceptors (Lipinski definition) is 5. The van der Waals surface area contributed by atoms with Crippen molar-refractivity contribution >= 4 is 0 Å². The summed E-state index contributed by atoms with van der Waals surface area (Å²) in [7, 11) is 0. The molecule has 5 heteroatoms. The molecule has 2 heterocycles. The Bertz CT molecular complexity index is 516. The van der Waals surface area contributed by atoms with Crippen LogP contribution < -0.4 is 0 Å². The van der Waals surface area contributed by atoms with E-state index >= 15 is 0 Å². The highest BCUT2D eigenvalue weighted by atomic mass is 16.7. The number of ether oxygens (including phenoxy) is 3. The summed E-state index contributed by atoms with van der Waals surface area (Å²) in [6.07, 6.45) is -0.304. The van der Waals surface area contributed by atoms with E-state index < -0.39 is 17.1 Å². The van der Waals surface area contributed by atoms with Crippen molar-refractivity contribution < 1.29 is 19.4 Å². The number of benzene rings is 1. The van der Waals surface area contributed by atoms with Crippen molar-refractivity contribution in [2.24, 2.45) is 0 Å². The van der Waals surface area contributed by atoms with Gasteiger partial charge in [-0.2, -0.15) is 0 Å². The van der Waals surface area contributed by atoms with Crippen molar-refractivity contribution in [2.75, 3.05) is 13.2 Å². The molecule has 1 aromatic carbocycles. The minimum absolute atomic E-state index is 0.304. The third kappa shape index (κ3) is 2.29. The lowest BCUT2D eigenvalue weighted by atomic mass is 9.85. The van der Waals surface area contributed by atoms with Gasteiger partial charge < -0.3 is 19.4 Å². The summed E-state index contributed by atoms with van der Waals surface area (Å²) in [6, 6.07) is 9.84. The summed E-state index contributed by atoms with van der Waals surface area (Å²) >= 11 is 0. The lowest BCUT2D eigenvalue weighted by molar-refractivity contribution is -0.264. The second-order valence-electron chi connectivity index (χ2n) is 6.65. The smallest absolute Gasteiger partial charge is 0.163 e. The van der Waals surface area contributed by atoms with Crippen LogP contribution in [-0.2, 0) is 19.7 Å². The van der Waals surface area contributed by atoms with Gasteiger partial charge in [0.25, 0.3) is 0 Å². The fourth-order valence-corrected chi connectivity index (χ4v) is 3.16. The fraction of sp³-hybridized carbons (Fsp3) is 0.625. The van der Waals surface area contributed by atoms with E-state index in [1.54, 1.807) is 0 Å². The lowest BCUT2D eigenvalue weighted by Gasteiger charge is -2.40. The van der Waals surface area contributed by atoms with Crippen molar-refractivity contribution in [3.05, 3.63) is 35.9 Å². The Morgan fingerprint density at radius 3 is 2.24 bits per heavy atom. The third-order valence-electron chi connectivity index (χ3n) is 4.35. The average Bonchev–Trinajstić information content (AvgIpc) is 2.91. The van der Waals surface area contributed by atoms with Gasteiger partial charge >= 0.3 is 0 Å². The predicted molar refractivity (Wildman–Crippen MR) is 76.7 cm³/mol. The normalized spacial score (nSPS) is 35.2. The van der Waals surface area contributed by atoms with Crippen molar-refractivity contribution in [3.63, 3.8) is 0 Å². The molecule has 0 spiro atoms. The second kappa shape index (κ2) is 4.76. The molecule has 1 N–H and O–H groups in total. The molecule has 3 rings (SSSR count). The monoisotopic (exact) mass is 293 g/mol. The van der Waals surface area contributed by atoms with E-state index in [1.165, 1.54) is 5.06 Å². The molecule has 0 unspecified atom stereocenters. The highest BCUT2D eigenvalue weighted by Gasteiger charge is 2.60. The van der Waals surface area contributed by atoms with Crippen LogP contribution in [0, 0.1) is 0 Å². The molecule has 0 amide bonds. The van der Waals surface area contributed by atoms with E-state index in [0.717, 1.165) is 5.56 Å². The van der Waals surface area contributed by atoms with Gasteiger partial charge in [0.1, 0.15) is 17.4 Å². The molecule has 5 nitrogen and oxygen atoms in total. The van der Waals surface area contributed by atoms with Gasteiger partial charge in [-0.25, -0.2) is 0 Å². The van der Waals surface area contributed by atoms with Crippen LogP contribution in [0.15, 0.2) is 30.3 Å². The first kappa shape index (κ1) is 14.9. The molecule has 0 bridgehead atoms. The molecule has 2 atom stereocenters. The molecular formula is C16H23NO4. The maximum absolute atomic E-state index is 10.8. The van der Waals surface area contributed by atoms with Crippen LogP contribution >= 0.6 is 0 Å². The van der Waals surface area contributed by atoms with Crippen LogP contribution in [0.1, 0.15) is 33.3 Å². The van der Waals surface area contributed by atoms with Crippen molar-refractivity contribution in [1.82, 2.24) is 5.06 Å². The largest absolute Gasteiger partial charge is 0.356 e.